The Labute approximate surface area is 94.3 Å². The summed E-state index contributed by atoms with van der Waals surface area (Å²) in [6.45, 7) is 1.42. The minimum atomic E-state index is -1.56. The van der Waals surface area contributed by atoms with Gasteiger partial charge < -0.3 is 15.2 Å². The molecule has 0 amide bonds. The average molecular weight is 240 g/mol. The van der Waals surface area contributed by atoms with Crippen molar-refractivity contribution in [2.24, 2.45) is 0 Å². The van der Waals surface area contributed by atoms with Crippen LogP contribution < -0.4 is 0 Å². The molecular weight excluding hydrogens is 232 g/mol. The molecule has 0 unspecified atom stereocenters. The van der Waals surface area contributed by atoms with Crippen molar-refractivity contribution in [1.82, 2.24) is 4.98 Å². The van der Waals surface area contributed by atoms with Gasteiger partial charge in [0.1, 0.15) is 5.69 Å². The highest BCUT2D eigenvalue weighted by Crippen LogP contribution is 2.28. The summed E-state index contributed by atoms with van der Waals surface area (Å²) < 4.78 is 0. The number of nitro groups is 1. The molecule has 3 N–H and O–H groups in total. The molecule has 90 valence electrons. The van der Waals surface area contributed by atoms with E-state index >= 15 is 0 Å². The molecule has 8 heteroatoms. The second-order valence-corrected chi connectivity index (χ2v) is 3.15. The molecule has 1 heterocycles. The lowest BCUT2D eigenvalue weighted by atomic mass is 10.1. The number of carboxylic acids is 2. The molecule has 0 radical (unpaired) electrons. The van der Waals surface area contributed by atoms with Crippen molar-refractivity contribution in [1.29, 1.82) is 0 Å². The van der Waals surface area contributed by atoms with Crippen molar-refractivity contribution in [3.63, 3.8) is 0 Å². The minimum Gasteiger partial charge on any atom is -0.478 e. The molecule has 1 aromatic rings. The summed E-state index contributed by atoms with van der Waals surface area (Å²) >= 11 is 0. The third kappa shape index (κ3) is 2.48. The van der Waals surface area contributed by atoms with E-state index in [1.807, 2.05) is 0 Å². The molecule has 0 aliphatic heterocycles. The van der Waals surface area contributed by atoms with Crippen LogP contribution in [0.15, 0.2) is 12.3 Å². The quantitative estimate of drug-likeness (QED) is 0.404. The molecule has 0 bridgehead atoms. The van der Waals surface area contributed by atoms with Gasteiger partial charge in [-0.2, -0.15) is 0 Å². The van der Waals surface area contributed by atoms with Crippen molar-refractivity contribution in [3.05, 3.63) is 33.6 Å². The fourth-order valence-corrected chi connectivity index (χ4v) is 1.32. The number of aromatic amines is 1. The van der Waals surface area contributed by atoms with E-state index in [-0.39, 0.29) is 11.3 Å². The van der Waals surface area contributed by atoms with Gasteiger partial charge >= 0.3 is 11.9 Å². The summed E-state index contributed by atoms with van der Waals surface area (Å²) in [7, 11) is 0. The molecule has 0 fully saturated rings. The van der Waals surface area contributed by atoms with E-state index in [1.54, 1.807) is 0 Å². The molecule has 1 aromatic heterocycles. The molecule has 0 aliphatic carbocycles. The van der Waals surface area contributed by atoms with Crippen molar-refractivity contribution in [2.45, 2.75) is 6.92 Å². The first-order valence-corrected chi connectivity index (χ1v) is 4.35. The highest BCUT2D eigenvalue weighted by molar-refractivity contribution is 6.20. The van der Waals surface area contributed by atoms with Crippen LogP contribution in [-0.4, -0.2) is 32.1 Å². The molecule has 8 nitrogen and oxygen atoms in total. The molecule has 1 rings (SSSR count). The van der Waals surface area contributed by atoms with Gasteiger partial charge in [-0.3, -0.25) is 10.1 Å². The van der Waals surface area contributed by atoms with Crippen molar-refractivity contribution in [3.8, 4) is 0 Å². The largest absolute Gasteiger partial charge is 0.478 e. The number of aryl methyl sites for hydroxylation is 1. The molecular formula is C9H8N2O6. The lowest BCUT2D eigenvalue weighted by Gasteiger charge is -1.98. The summed E-state index contributed by atoms with van der Waals surface area (Å²) in [6.07, 6.45) is 1.65. The van der Waals surface area contributed by atoms with E-state index < -0.39 is 28.1 Å². The van der Waals surface area contributed by atoms with Crippen LogP contribution in [0, 0.1) is 17.0 Å². The zero-order valence-electron chi connectivity index (χ0n) is 8.63. The number of aromatic nitrogens is 1. The minimum absolute atomic E-state index is 0.225. The van der Waals surface area contributed by atoms with Gasteiger partial charge in [0.15, 0.2) is 0 Å². The maximum atomic E-state index is 10.8. The monoisotopic (exact) mass is 240 g/mol. The maximum Gasteiger partial charge on any atom is 0.338 e. The van der Waals surface area contributed by atoms with E-state index in [0.717, 1.165) is 0 Å². The Bertz CT molecular complexity index is 528. The van der Waals surface area contributed by atoms with Crippen molar-refractivity contribution in [2.75, 3.05) is 0 Å². The third-order valence-corrected chi connectivity index (χ3v) is 1.99. The van der Waals surface area contributed by atoms with Crippen molar-refractivity contribution < 1.29 is 24.7 Å². The Morgan fingerprint density at radius 1 is 1.47 bits per heavy atom. The summed E-state index contributed by atoms with van der Waals surface area (Å²) in [5, 5.41) is 28.1. The second kappa shape index (κ2) is 4.47. The first-order valence-electron chi connectivity index (χ1n) is 4.35. The van der Waals surface area contributed by atoms with E-state index in [2.05, 4.69) is 4.98 Å². The fourth-order valence-electron chi connectivity index (χ4n) is 1.32. The van der Waals surface area contributed by atoms with Crippen LogP contribution in [0.4, 0.5) is 5.69 Å². The van der Waals surface area contributed by atoms with Crippen LogP contribution in [0.25, 0.3) is 5.57 Å². The van der Waals surface area contributed by atoms with Crippen LogP contribution in [0.1, 0.15) is 11.3 Å². The topological polar surface area (TPSA) is 134 Å². The van der Waals surface area contributed by atoms with Gasteiger partial charge in [0.05, 0.1) is 10.5 Å². The predicted octanol–water partition coefficient (Wildman–Crippen LogP) is 0.784. The smallest absolute Gasteiger partial charge is 0.338 e. The Morgan fingerprint density at radius 2 is 2.06 bits per heavy atom. The summed E-state index contributed by atoms with van der Waals surface area (Å²) in [5.74, 6) is -3.05. The number of aliphatic carboxylic acids is 2. The zero-order chi connectivity index (χ0) is 13.2. The molecule has 17 heavy (non-hydrogen) atoms. The number of nitrogens with one attached hydrogen (secondary N) is 1. The van der Waals surface area contributed by atoms with Gasteiger partial charge in [0, 0.05) is 17.8 Å². The van der Waals surface area contributed by atoms with Crippen LogP contribution in [-0.2, 0) is 9.59 Å². The van der Waals surface area contributed by atoms with Crippen LogP contribution >= 0.6 is 0 Å². The molecule has 0 atom stereocenters. The van der Waals surface area contributed by atoms with Crippen LogP contribution in [0.5, 0.6) is 0 Å². The summed E-state index contributed by atoms with van der Waals surface area (Å²) in [4.78, 5) is 33.7. The molecule has 0 aliphatic rings. The van der Waals surface area contributed by atoms with Crippen LogP contribution in [0.3, 0.4) is 0 Å². The third-order valence-electron chi connectivity index (χ3n) is 1.99. The molecule has 0 saturated heterocycles. The molecule has 0 saturated carbocycles. The number of H-pyrrole nitrogens is 1. The zero-order valence-corrected chi connectivity index (χ0v) is 8.63. The Morgan fingerprint density at radius 3 is 2.47 bits per heavy atom. The Kier molecular flexibility index (Phi) is 3.27. The maximum absolute atomic E-state index is 10.8. The van der Waals surface area contributed by atoms with Gasteiger partial charge in [0.25, 0.3) is 5.69 Å². The van der Waals surface area contributed by atoms with E-state index in [0.29, 0.717) is 6.08 Å². The number of carboxylic acid groups (broad SMARTS) is 2. The van der Waals surface area contributed by atoms with Crippen molar-refractivity contribution >= 4 is 23.2 Å². The first-order chi connectivity index (χ1) is 7.84. The van der Waals surface area contributed by atoms with Crippen LogP contribution in [0.2, 0.25) is 0 Å². The predicted molar refractivity (Wildman–Crippen MR) is 55.4 cm³/mol. The second-order valence-electron chi connectivity index (χ2n) is 3.15. The van der Waals surface area contributed by atoms with Gasteiger partial charge in [-0.25, -0.2) is 9.59 Å². The number of hydrogen-bond acceptors (Lipinski definition) is 4. The number of rotatable bonds is 4. The molecule has 0 aromatic carbocycles. The standard InChI is InChI=1S/C9H8N2O6/c1-4-3-10-7(8(4)11(16)17)5(9(14)15)2-6(12)13/h2-3,10H,1H3,(H,12,13)(H,14,15)/b5-2-. The number of hydrogen-bond donors (Lipinski definition) is 3. The normalized spacial score (nSPS) is 11.2. The lowest BCUT2D eigenvalue weighted by Crippen LogP contribution is -2.05. The molecule has 0 spiro atoms. The number of carbonyl (C=O) groups is 2. The highest BCUT2D eigenvalue weighted by atomic mass is 16.6. The SMILES string of the molecule is Cc1c[nH]c(/C(=C/C(=O)O)C(=O)O)c1[N+](=O)[O-]. The Balaban J connectivity index is 3.45. The summed E-state index contributed by atoms with van der Waals surface area (Å²) in [6, 6.07) is 0. The Hall–Kier alpha value is -2.64. The number of nitrogens with zero attached hydrogens (tertiary/aromatic N) is 1. The fraction of sp³-hybridized carbons (Fsp3) is 0.111. The summed E-state index contributed by atoms with van der Waals surface area (Å²) in [5.41, 5.74) is -1.22. The van der Waals surface area contributed by atoms with Gasteiger partial charge in [-0.1, -0.05) is 0 Å². The lowest BCUT2D eigenvalue weighted by molar-refractivity contribution is -0.385. The van der Waals surface area contributed by atoms with E-state index in [9.17, 15) is 19.7 Å². The van der Waals surface area contributed by atoms with E-state index in [1.165, 1.54) is 13.1 Å². The first kappa shape index (κ1) is 12.4. The van der Waals surface area contributed by atoms with Gasteiger partial charge in [-0.05, 0) is 6.92 Å². The average Bonchev–Trinajstić information content (AvgIpc) is 2.55. The van der Waals surface area contributed by atoms with E-state index in [4.69, 9.17) is 10.2 Å². The van der Waals surface area contributed by atoms with Gasteiger partial charge in [-0.15, -0.1) is 0 Å². The van der Waals surface area contributed by atoms with Gasteiger partial charge in [0.2, 0.25) is 0 Å². The highest BCUT2D eigenvalue weighted by Gasteiger charge is 2.26.